The number of rotatable bonds is 4. The number of nitrogens with zero attached hydrogens (tertiary/aromatic N) is 3. The number of benzene rings is 1. The first-order valence-corrected chi connectivity index (χ1v) is 8.45. The third kappa shape index (κ3) is 3.25. The molecule has 126 valence electrons. The van der Waals surface area contributed by atoms with Crippen LogP contribution in [0, 0.1) is 6.92 Å². The van der Waals surface area contributed by atoms with Gasteiger partial charge in [-0.2, -0.15) is 0 Å². The number of aryl methyl sites for hydroxylation is 2. The molecule has 5 heteroatoms. The number of hydrogen-bond acceptors (Lipinski definition) is 4. The molecule has 1 atom stereocenters. The van der Waals surface area contributed by atoms with Crippen LogP contribution in [0.25, 0.3) is 0 Å². The maximum atomic E-state index is 12.8. The second-order valence-corrected chi connectivity index (χ2v) is 6.67. The van der Waals surface area contributed by atoms with Gasteiger partial charge in [-0.25, -0.2) is 9.97 Å². The van der Waals surface area contributed by atoms with Gasteiger partial charge in [0.25, 0.3) is 0 Å². The second kappa shape index (κ2) is 6.59. The van der Waals surface area contributed by atoms with Crippen LogP contribution in [-0.4, -0.2) is 27.3 Å². The second-order valence-electron chi connectivity index (χ2n) is 6.67. The zero-order valence-electron chi connectivity index (χ0n) is 14.3. The molecule has 1 unspecified atom stereocenters. The average Bonchev–Trinajstić information content (AvgIpc) is 2.96. The summed E-state index contributed by atoms with van der Waals surface area (Å²) in [7, 11) is 0. The number of amides is 1. The minimum absolute atomic E-state index is 0.155. The van der Waals surface area contributed by atoms with Crippen molar-refractivity contribution in [2.24, 2.45) is 0 Å². The first-order valence-electron chi connectivity index (χ1n) is 8.45. The summed E-state index contributed by atoms with van der Waals surface area (Å²) < 4.78 is 0. The number of nitrogen functional groups attached to an aromatic ring is 1. The van der Waals surface area contributed by atoms with Crippen LogP contribution in [0.3, 0.4) is 0 Å². The summed E-state index contributed by atoms with van der Waals surface area (Å²) in [5, 5.41) is 0. The van der Waals surface area contributed by atoms with Crippen molar-refractivity contribution in [3.8, 4) is 0 Å². The van der Waals surface area contributed by atoms with Gasteiger partial charge in [-0.1, -0.05) is 30.3 Å². The smallest absolute Gasteiger partial charge is 0.223 e. The Morgan fingerprint density at radius 3 is 2.75 bits per heavy atom. The molecule has 1 aromatic carbocycles. The lowest BCUT2D eigenvalue weighted by Crippen LogP contribution is -2.44. The fourth-order valence-electron chi connectivity index (χ4n) is 3.46. The fraction of sp³-hybridized carbons (Fsp3) is 0.421. The molecule has 1 fully saturated rings. The molecule has 1 aromatic heterocycles. The minimum atomic E-state index is -0.464. The number of aromatic nitrogens is 2. The van der Waals surface area contributed by atoms with Crippen LogP contribution >= 0.6 is 0 Å². The molecule has 2 aromatic rings. The Morgan fingerprint density at radius 1 is 1.29 bits per heavy atom. The van der Waals surface area contributed by atoms with Gasteiger partial charge in [0, 0.05) is 24.7 Å². The highest BCUT2D eigenvalue weighted by Gasteiger charge is 2.43. The van der Waals surface area contributed by atoms with E-state index in [4.69, 9.17) is 5.73 Å². The van der Waals surface area contributed by atoms with E-state index in [-0.39, 0.29) is 5.91 Å². The van der Waals surface area contributed by atoms with E-state index in [1.54, 1.807) is 6.07 Å². The molecule has 1 amide bonds. The predicted molar refractivity (Wildman–Crippen MR) is 94.2 cm³/mol. The highest BCUT2D eigenvalue weighted by molar-refractivity contribution is 5.77. The third-order valence-corrected chi connectivity index (χ3v) is 4.77. The zero-order chi connectivity index (χ0) is 17.2. The van der Waals surface area contributed by atoms with E-state index in [1.165, 1.54) is 5.56 Å². The summed E-state index contributed by atoms with van der Waals surface area (Å²) in [6.45, 7) is 4.71. The van der Waals surface area contributed by atoms with Crippen molar-refractivity contribution in [3.05, 3.63) is 53.5 Å². The van der Waals surface area contributed by atoms with Gasteiger partial charge in [0.1, 0.15) is 5.82 Å². The van der Waals surface area contributed by atoms with Crippen molar-refractivity contribution in [3.63, 3.8) is 0 Å². The maximum Gasteiger partial charge on any atom is 0.223 e. The van der Waals surface area contributed by atoms with E-state index >= 15 is 0 Å². The van der Waals surface area contributed by atoms with Crippen molar-refractivity contribution < 1.29 is 4.79 Å². The number of likely N-dealkylation sites (tertiary alicyclic amines) is 1. The van der Waals surface area contributed by atoms with E-state index in [1.807, 2.05) is 30.0 Å². The Balaban J connectivity index is 1.77. The number of anilines is 1. The van der Waals surface area contributed by atoms with Crippen molar-refractivity contribution in [2.45, 2.75) is 45.1 Å². The van der Waals surface area contributed by atoms with Crippen molar-refractivity contribution in [2.75, 3.05) is 12.3 Å². The highest BCUT2D eigenvalue weighted by atomic mass is 16.2. The number of carbonyl (C=O) groups is 1. The summed E-state index contributed by atoms with van der Waals surface area (Å²) in [5.41, 5.74) is 7.44. The van der Waals surface area contributed by atoms with E-state index < -0.39 is 5.54 Å². The van der Waals surface area contributed by atoms with Crippen LogP contribution in [0.15, 0.2) is 36.4 Å². The van der Waals surface area contributed by atoms with Crippen LogP contribution in [0.4, 0.5) is 5.82 Å². The van der Waals surface area contributed by atoms with Gasteiger partial charge in [-0.3, -0.25) is 4.79 Å². The Kier molecular flexibility index (Phi) is 4.51. The number of nitrogens with two attached hydrogens (primary N) is 1. The highest BCUT2D eigenvalue weighted by Crippen LogP contribution is 2.37. The largest absolute Gasteiger partial charge is 0.384 e. The monoisotopic (exact) mass is 324 g/mol. The summed E-state index contributed by atoms with van der Waals surface area (Å²) in [5.74, 6) is 1.27. The third-order valence-electron chi connectivity index (χ3n) is 4.77. The van der Waals surface area contributed by atoms with E-state index in [0.29, 0.717) is 18.1 Å². The Morgan fingerprint density at radius 2 is 2.04 bits per heavy atom. The summed E-state index contributed by atoms with van der Waals surface area (Å²) in [4.78, 5) is 23.7. The molecule has 0 saturated carbocycles. The van der Waals surface area contributed by atoms with Crippen LogP contribution in [0.1, 0.15) is 43.3 Å². The van der Waals surface area contributed by atoms with E-state index in [2.05, 4.69) is 29.0 Å². The van der Waals surface area contributed by atoms with Gasteiger partial charge in [-0.05, 0) is 38.7 Å². The average molecular weight is 324 g/mol. The molecule has 2 heterocycles. The molecule has 0 aliphatic carbocycles. The fourth-order valence-corrected chi connectivity index (χ4v) is 3.46. The predicted octanol–water partition coefficient (Wildman–Crippen LogP) is 2.84. The van der Waals surface area contributed by atoms with Gasteiger partial charge in [0.15, 0.2) is 5.82 Å². The SMILES string of the molecule is Cc1cc(N)nc(C2(C)CCCN2C(=O)CCc2ccccc2)n1. The lowest BCUT2D eigenvalue weighted by atomic mass is 9.96. The molecule has 1 saturated heterocycles. The molecular formula is C19H24N4O. The number of carbonyl (C=O) groups excluding carboxylic acids is 1. The molecule has 3 rings (SSSR count). The molecule has 0 radical (unpaired) electrons. The Bertz CT molecular complexity index is 711. The molecule has 0 spiro atoms. The topological polar surface area (TPSA) is 72.1 Å². The normalized spacial score (nSPS) is 20.3. The van der Waals surface area contributed by atoms with Crippen molar-refractivity contribution in [1.29, 1.82) is 0 Å². The Hall–Kier alpha value is -2.43. The Labute approximate surface area is 142 Å². The van der Waals surface area contributed by atoms with Gasteiger partial charge >= 0.3 is 0 Å². The minimum Gasteiger partial charge on any atom is -0.384 e. The molecule has 1 aliphatic heterocycles. The van der Waals surface area contributed by atoms with Gasteiger partial charge in [0.2, 0.25) is 5.91 Å². The maximum absolute atomic E-state index is 12.8. The molecule has 1 aliphatic rings. The van der Waals surface area contributed by atoms with Gasteiger partial charge in [0.05, 0.1) is 5.54 Å². The molecule has 5 nitrogen and oxygen atoms in total. The first-order chi connectivity index (χ1) is 11.5. The van der Waals surface area contributed by atoms with Gasteiger partial charge < -0.3 is 10.6 Å². The summed E-state index contributed by atoms with van der Waals surface area (Å²) in [6.07, 6.45) is 3.09. The first kappa shape index (κ1) is 16.4. The van der Waals surface area contributed by atoms with E-state index in [0.717, 1.165) is 31.5 Å². The van der Waals surface area contributed by atoms with Crippen LogP contribution in [-0.2, 0) is 16.8 Å². The molecule has 2 N–H and O–H groups in total. The molecule has 0 bridgehead atoms. The summed E-state index contributed by atoms with van der Waals surface area (Å²) >= 11 is 0. The summed E-state index contributed by atoms with van der Waals surface area (Å²) in [6, 6.07) is 11.9. The van der Waals surface area contributed by atoms with Crippen LogP contribution < -0.4 is 5.73 Å². The molecular weight excluding hydrogens is 300 g/mol. The van der Waals surface area contributed by atoms with Crippen molar-refractivity contribution >= 4 is 11.7 Å². The van der Waals surface area contributed by atoms with Crippen LogP contribution in [0.2, 0.25) is 0 Å². The zero-order valence-corrected chi connectivity index (χ0v) is 14.3. The van der Waals surface area contributed by atoms with Gasteiger partial charge in [-0.15, -0.1) is 0 Å². The molecule has 24 heavy (non-hydrogen) atoms. The van der Waals surface area contributed by atoms with E-state index in [9.17, 15) is 4.79 Å². The lowest BCUT2D eigenvalue weighted by Gasteiger charge is -2.34. The van der Waals surface area contributed by atoms with Crippen molar-refractivity contribution in [1.82, 2.24) is 14.9 Å². The quantitative estimate of drug-likeness (QED) is 0.938. The lowest BCUT2D eigenvalue weighted by molar-refractivity contribution is -0.135. The van der Waals surface area contributed by atoms with Crippen LogP contribution in [0.5, 0.6) is 0 Å². The number of hydrogen-bond donors (Lipinski definition) is 1. The standard InChI is InChI=1S/C19H24N4O/c1-14-13-16(20)22-18(21-14)19(2)11-6-12-23(19)17(24)10-9-15-7-4-3-5-8-15/h3-5,7-8,13H,6,9-12H2,1-2H3,(H2,20,21,22).